The molecule has 0 radical (unpaired) electrons. The lowest BCUT2D eigenvalue weighted by Crippen LogP contribution is -2.18. The van der Waals surface area contributed by atoms with Gasteiger partial charge >= 0.3 is 0 Å². The molecule has 0 fully saturated rings. The molecule has 3 nitrogen and oxygen atoms in total. The van der Waals surface area contributed by atoms with Gasteiger partial charge in [-0.25, -0.2) is 0 Å². The van der Waals surface area contributed by atoms with Crippen LogP contribution >= 0.6 is 0 Å². The number of benzene rings is 1. The summed E-state index contributed by atoms with van der Waals surface area (Å²) in [7, 11) is 0. The standard InChI is InChI=1S/C17H22N2O/c1-14(2)11-18-12-15-6-8-17(9-7-15)20-13-16-5-3-4-10-19-16/h3-10,14,18H,11-13H2,1-2H3. The fourth-order valence-corrected chi connectivity index (χ4v) is 1.85. The molecule has 2 aromatic rings. The van der Waals surface area contributed by atoms with Gasteiger partial charge in [-0.15, -0.1) is 0 Å². The predicted molar refractivity (Wildman–Crippen MR) is 81.6 cm³/mol. The third-order valence-electron chi connectivity index (χ3n) is 2.92. The number of nitrogens with zero attached hydrogens (tertiary/aromatic N) is 1. The van der Waals surface area contributed by atoms with E-state index < -0.39 is 0 Å². The molecule has 0 aliphatic heterocycles. The van der Waals surface area contributed by atoms with Crippen molar-refractivity contribution in [2.45, 2.75) is 27.0 Å². The van der Waals surface area contributed by atoms with Gasteiger partial charge in [-0.1, -0.05) is 32.0 Å². The van der Waals surface area contributed by atoms with Crippen molar-refractivity contribution >= 4 is 0 Å². The highest BCUT2D eigenvalue weighted by molar-refractivity contribution is 5.27. The Balaban J connectivity index is 1.79. The molecular formula is C17H22N2O. The Hall–Kier alpha value is -1.87. The van der Waals surface area contributed by atoms with Crippen LogP contribution in [-0.4, -0.2) is 11.5 Å². The minimum Gasteiger partial charge on any atom is -0.487 e. The lowest BCUT2D eigenvalue weighted by Gasteiger charge is -2.09. The van der Waals surface area contributed by atoms with E-state index >= 15 is 0 Å². The van der Waals surface area contributed by atoms with Crippen molar-refractivity contribution < 1.29 is 4.74 Å². The fourth-order valence-electron chi connectivity index (χ4n) is 1.85. The van der Waals surface area contributed by atoms with Crippen molar-refractivity contribution in [3.05, 3.63) is 59.9 Å². The topological polar surface area (TPSA) is 34.1 Å². The molecule has 3 heteroatoms. The average Bonchev–Trinajstić information content (AvgIpc) is 2.47. The first-order chi connectivity index (χ1) is 9.74. The Morgan fingerprint density at radius 2 is 1.90 bits per heavy atom. The van der Waals surface area contributed by atoms with Gasteiger partial charge in [0.15, 0.2) is 0 Å². The number of nitrogens with one attached hydrogen (secondary N) is 1. The van der Waals surface area contributed by atoms with Gasteiger partial charge in [0.05, 0.1) is 5.69 Å². The van der Waals surface area contributed by atoms with Gasteiger partial charge in [0.2, 0.25) is 0 Å². The van der Waals surface area contributed by atoms with Crippen molar-refractivity contribution in [3.63, 3.8) is 0 Å². The van der Waals surface area contributed by atoms with Crippen LogP contribution in [0.1, 0.15) is 25.1 Å². The van der Waals surface area contributed by atoms with E-state index in [0.717, 1.165) is 24.5 Å². The number of rotatable bonds is 7. The maximum Gasteiger partial charge on any atom is 0.130 e. The van der Waals surface area contributed by atoms with Gasteiger partial charge in [0.25, 0.3) is 0 Å². The van der Waals surface area contributed by atoms with Crippen molar-refractivity contribution in [2.75, 3.05) is 6.54 Å². The van der Waals surface area contributed by atoms with Crippen molar-refractivity contribution in [3.8, 4) is 5.75 Å². The maximum absolute atomic E-state index is 5.71. The highest BCUT2D eigenvalue weighted by Gasteiger charge is 1.98. The molecule has 0 amide bonds. The second-order valence-corrected chi connectivity index (χ2v) is 5.28. The van der Waals surface area contributed by atoms with Crippen LogP contribution < -0.4 is 10.1 Å². The zero-order valence-corrected chi connectivity index (χ0v) is 12.2. The Morgan fingerprint density at radius 3 is 2.55 bits per heavy atom. The molecule has 0 aliphatic carbocycles. The summed E-state index contributed by atoms with van der Waals surface area (Å²) in [6, 6.07) is 14.1. The summed E-state index contributed by atoms with van der Waals surface area (Å²) < 4.78 is 5.71. The molecule has 2 rings (SSSR count). The van der Waals surface area contributed by atoms with Crippen molar-refractivity contribution in [2.24, 2.45) is 5.92 Å². The third-order valence-corrected chi connectivity index (χ3v) is 2.92. The first-order valence-electron chi connectivity index (χ1n) is 7.06. The second kappa shape index (κ2) is 7.65. The fraction of sp³-hybridized carbons (Fsp3) is 0.353. The van der Waals surface area contributed by atoms with Gasteiger partial charge in [-0.3, -0.25) is 4.98 Å². The van der Waals surface area contributed by atoms with Crippen LogP contribution in [-0.2, 0) is 13.2 Å². The summed E-state index contributed by atoms with van der Waals surface area (Å²) in [5, 5.41) is 3.43. The molecule has 106 valence electrons. The molecule has 20 heavy (non-hydrogen) atoms. The van der Waals surface area contributed by atoms with E-state index in [9.17, 15) is 0 Å². The largest absolute Gasteiger partial charge is 0.487 e. The van der Waals surface area contributed by atoms with Crippen molar-refractivity contribution in [1.82, 2.24) is 10.3 Å². The smallest absolute Gasteiger partial charge is 0.130 e. The van der Waals surface area contributed by atoms with E-state index in [1.165, 1.54) is 5.56 Å². The molecular weight excluding hydrogens is 248 g/mol. The molecule has 0 atom stereocenters. The van der Waals surface area contributed by atoms with E-state index in [1.54, 1.807) is 6.20 Å². The lowest BCUT2D eigenvalue weighted by molar-refractivity contribution is 0.301. The molecule has 0 bridgehead atoms. The van der Waals surface area contributed by atoms with E-state index in [2.05, 4.69) is 36.3 Å². The predicted octanol–water partition coefficient (Wildman–Crippen LogP) is 3.41. The van der Waals surface area contributed by atoms with E-state index in [0.29, 0.717) is 12.5 Å². The summed E-state index contributed by atoms with van der Waals surface area (Å²) in [6.45, 7) is 6.87. The second-order valence-electron chi connectivity index (χ2n) is 5.28. The van der Waals surface area contributed by atoms with Crippen LogP contribution in [0, 0.1) is 5.92 Å². The monoisotopic (exact) mass is 270 g/mol. The zero-order valence-electron chi connectivity index (χ0n) is 12.2. The summed E-state index contributed by atoms with van der Waals surface area (Å²) in [5.41, 5.74) is 2.21. The third kappa shape index (κ3) is 5.02. The van der Waals surface area contributed by atoms with Crippen molar-refractivity contribution in [1.29, 1.82) is 0 Å². The molecule has 1 heterocycles. The number of hydrogen-bond donors (Lipinski definition) is 1. The van der Waals surface area contributed by atoms with E-state index in [1.807, 2.05) is 30.3 Å². The van der Waals surface area contributed by atoms with E-state index in [-0.39, 0.29) is 0 Å². The maximum atomic E-state index is 5.71. The molecule has 1 aromatic heterocycles. The highest BCUT2D eigenvalue weighted by atomic mass is 16.5. The Morgan fingerprint density at radius 1 is 1.10 bits per heavy atom. The molecule has 0 saturated heterocycles. The SMILES string of the molecule is CC(C)CNCc1ccc(OCc2ccccn2)cc1. The minimum absolute atomic E-state index is 0.506. The van der Waals surface area contributed by atoms with Gasteiger partial charge in [-0.05, 0) is 42.3 Å². The first-order valence-corrected chi connectivity index (χ1v) is 7.06. The van der Waals surface area contributed by atoms with Crippen LogP contribution in [0.5, 0.6) is 5.75 Å². The van der Waals surface area contributed by atoms with Crippen LogP contribution in [0.2, 0.25) is 0 Å². The molecule has 1 aromatic carbocycles. The van der Waals surface area contributed by atoms with Crippen LogP contribution in [0.4, 0.5) is 0 Å². The Kier molecular flexibility index (Phi) is 5.56. The quantitative estimate of drug-likeness (QED) is 0.837. The number of ether oxygens (including phenoxy) is 1. The van der Waals surface area contributed by atoms with Crippen LogP contribution in [0.25, 0.3) is 0 Å². The minimum atomic E-state index is 0.506. The molecule has 0 saturated carbocycles. The van der Waals surface area contributed by atoms with Crippen LogP contribution in [0.15, 0.2) is 48.7 Å². The Labute approximate surface area is 121 Å². The summed E-state index contributed by atoms with van der Waals surface area (Å²) >= 11 is 0. The molecule has 0 aliphatic rings. The first kappa shape index (κ1) is 14.5. The highest BCUT2D eigenvalue weighted by Crippen LogP contribution is 2.13. The number of pyridine rings is 1. The summed E-state index contributed by atoms with van der Waals surface area (Å²) in [5.74, 6) is 1.55. The van der Waals surface area contributed by atoms with Crippen LogP contribution in [0.3, 0.4) is 0 Å². The molecule has 0 unspecified atom stereocenters. The summed E-state index contributed by atoms with van der Waals surface area (Å²) in [4.78, 5) is 4.23. The van der Waals surface area contributed by atoms with Gasteiger partial charge < -0.3 is 10.1 Å². The molecule has 0 spiro atoms. The average molecular weight is 270 g/mol. The normalized spacial score (nSPS) is 10.8. The number of hydrogen-bond acceptors (Lipinski definition) is 3. The van der Waals surface area contributed by atoms with Gasteiger partial charge in [0, 0.05) is 12.7 Å². The van der Waals surface area contributed by atoms with Gasteiger partial charge in [0.1, 0.15) is 12.4 Å². The Bertz CT molecular complexity index is 494. The molecule has 1 N–H and O–H groups in total. The number of aromatic nitrogens is 1. The van der Waals surface area contributed by atoms with E-state index in [4.69, 9.17) is 4.74 Å². The summed E-state index contributed by atoms with van der Waals surface area (Å²) in [6.07, 6.45) is 1.78. The lowest BCUT2D eigenvalue weighted by atomic mass is 10.2. The zero-order chi connectivity index (χ0) is 14.2. The van der Waals surface area contributed by atoms with Gasteiger partial charge in [-0.2, -0.15) is 0 Å².